The van der Waals surface area contributed by atoms with E-state index in [0.717, 1.165) is 5.92 Å². The Morgan fingerprint density at radius 2 is 2.29 bits per heavy atom. The van der Waals surface area contributed by atoms with E-state index in [1.807, 2.05) is 0 Å². The number of nitrogens with zero attached hydrogens (tertiary/aromatic N) is 1. The van der Waals surface area contributed by atoms with E-state index in [2.05, 4.69) is 41.3 Å². The molecule has 0 spiro atoms. The van der Waals surface area contributed by atoms with Crippen LogP contribution < -0.4 is 5.32 Å². The van der Waals surface area contributed by atoms with Crippen LogP contribution >= 0.6 is 0 Å². The number of hydrogen-bond donors (Lipinski definition) is 1. The normalized spacial score (nSPS) is 27.1. The van der Waals surface area contributed by atoms with Crippen LogP contribution in [0.25, 0.3) is 10.9 Å². The Morgan fingerprint density at radius 3 is 3.24 bits per heavy atom. The maximum absolute atomic E-state index is 3.70. The molecule has 2 unspecified atom stereocenters. The van der Waals surface area contributed by atoms with Gasteiger partial charge in [-0.05, 0) is 43.0 Å². The minimum Gasteiger partial charge on any atom is -0.350 e. The predicted octanol–water partition coefficient (Wildman–Crippen LogP) is 2.57. The van der Waals surface area contributed by atoms with Crippen molar-refractivity contribution in [2.24, 2.45) is 7.05 Å². The first-order valence-corrected chi connectivity index (χ1v) is 6.65. The van der Waals surface area contributed by atoms with Crippen molar-refractivity contribution >= 4 is 10.9 Å². The average Bonchev–Trinajstić information content (AvgIpc) is 2.68. The molecule has 0 radical (unpaired) electrons. The number of piperidine rings is 1. The van der Waals surface area contributed by atoms with Gasteiger partial charge in [0.1, 0.15) is 0 Å². The lowest BCUT2D eigenvalue weighted by Gasteiger charge is -2.36. The molecule has 2 aliphatic rings. The van der Waals surface area contributed by atoms with Crippen LogP contribution in [0.2, 0.25) is 0 Å². The molecule has 88 valence electrons. The Balaban J connectivity index is 2.00. The minimum absolute atomic E-state index is 0.671. The fraction of sp³-hybridized carbons (Fsp3) is 0.467. The van der Waals surface area contributed by atoms with Crippen molar-refractivity contribution in [2.75, 3.05) is 6.54 Å². The summed E-state index contributed by atoms with van der Waals surface area (Å²) in [6.07, 6.45) is 6.20. The van der Waals surface area contributed by atoms with E-state index < -0.39 is 0 Å². The largest absolute Gasteiger partial charge is 0.350 e. The zero-order valence-corrected chi connectivity index (χ0v) is 10.2. The van der Waals surface area contributed by atoms with Gasteiger partial charge in [-0.2, -0.15) is 0 Å². The van der Waals surface area contributed by atoms with E-state index in [4.69, 9.17) is 0 Å². The first-order valence-electron chi connectivity index (χ1n) is 6.65. The molecule has 0 bridgehead atoms. The molecule has 1 aliphatic carbocycles. The molecule has 1 aromatic carbocycles. The maximum Gasteiger partial charge on any atom is 0.0483 e. The lowest BCUT2D eigenvalue weighted by molar-refractivity contribution is 0.345. The number of aromatic nitrogens is 1. The second-order valence-electron chi connectivity index (χ2n) is 5.52. The zero-order valence-electron chi connectivity index (χ0n) is 10.2. The molecule has 17 heavy (non-hydrogen) atoms. The standard InChI is InChI=1S/C15H18N2/c1-17-9-10-8-13-11(5-3-7-16-13)12-4-2-6-14(17)15(10)12/h2,4,6,9,11,13,16H,3,5,7-8H2,1H3. The van der Waals surface area contributed by atoms with E-state index in [1.165, 1.54) is 36.9 Å². The van der Waals surface area contributed by atoms with Crippen LogP contribution in [0.3, 0.4) is 0 Å². The Kier molecular flexibility index (Phi) is 1.92. The van der Waals surface area contributed by atoms with E-state index in [9.17, 15) is 0 Å². The van der Waals surface area contributed by atoms with Crippen molar-refractivity contribution in [3.63, 3.8) is 0 Å². The lowest BCUT2D eigenvalue weighted by atomic mass is 9.76. The predicted molar refractivity (Wildman–Crippen MR) is 70.4 cm³/mol. The molecule has 0 amide bonds. The molecule has 2 nitrogen and oxygen atoms in total. The third kappa shape index (κ3) is 1.25. The molecule has 1 aromatic heterocycles. The Hall–Kier alpha value is -1.28. The third-order valence-electron chi connectivity index (χ3n) is 4.55. The summed E-state index contributed by atoms with van der Waals surface area (Å²) in [5.74, 6) is 0.738. The fourth-order valence-corrected chi connectivity index (χ4v) is 3.81. The van der Waals surface area contributed by atoms with Gasteiger partial charge in [-0.3, -0.25) is 0 Å². The fourth-order valence-electron chi connectivity index (χ4n) is 3.81. The van der Waals surface area contributed by atoms with Crippen molar-refractivity contribution in [2.45, 2.75) is 31.2 Å². The van der Waals surface area contributed by atoms with Crippen LogP contribution in [0.1, 0.15) is 29.9 Å². The van der Waals surface area contributed by atoms with Gasteiger partial charge < -0.3 is 9.88 Å². The summed E-state index contributed by atoms with van der Waals surface area (Å²) in [4.78, 5) is 0. The van der Waals surface area contributed by atoms with E-state index in [-0.39, 0.29) is 0 Å². The SMILES string of the molecule is Cn1cc2c3c(cccc31)C1CCCNC1C2. The van der Waals surface area contributed by atoms with E-state index >= 15 is 0 Å². The van der Waals surface area contributed by atoms with Crippen molar-refractivity contribution in [1.82, 2.24) is 9.88 Å². The number of benzene rings is 1. The molecule has 2 heteroatoms. The number of fused-ring (bicyclic) bond motifs is 2. The summed E-state index contributed by atoms with van der Waals surface area (Å²) in [5.41, 5.74) is 4.52. The molecule has 1 fully saturated rings. The number of rotatable bonds is 0. The molecular weight excluding hydrogens is 208 g/mol. The van der Waals surface area contributed by atoms with Gasteiger partial charge in [0, 0.05) is 36.1 Å². The molecule has 1 aliphatic heterocycles. The molecule has 1 saturated heterocycles. The summed E-state index contributed by atoms with van der Waals surface area (Å²) in [6.45, 7) is 1.19. The van der Waals surface area contributed by atoms with Crippen LogP contribution in [0.5, 0.6) is 0 Å². The average molecular weight is 226 g/mol. The molecule has 0 saturated carbocycles. The molecule has 2 heterocycles. The van der Waals surface area contributed by atoms with Gasteiger partial charge in [-0.15, -0.1) is 0 Å². The van der Waals surface area contributed by atoms with Gasteiger partial charge >= 0.3 is 0 Å². The maximum atomic E-state index is 3.70. The van der Waals surface area contributed by atoms with Crippen LogP contribution in [0.4, 0.5) is 0 Å². The lowest BCUT2D eigenvalue weighted by Crippen LogP contribution is -2.43. The smallest absolute Gasteiger partial charge is 0.0483 e. The second-order valence-corrected chi connectivity index (χ2v) is 5.52. The summed E-state index contributed by atoms with van der Waals surface area (Å²) in [7, 11) is 2.16. The van der Waals surface area contributed by atoms with Gasteiger partial charge in [0.25, 0.3) is 0 Å². The monoisotopic (exact) mass is 226 g/mol. The van der Waals surface area contributed by atoms with Crippen LogP contribution in [-0.4, -0.2) is 17.2 Å². The van der Waals surface area contributed by atoms with Crippen LogP contribution in [-0.2, 0) is 13.5 Å². The highest BCUT2D eigenvalue weighted by atomic mass is 15.0. The Labute approximate surface area is 102 Å². The summed E-state index contributed by atoms with van der Waals surface area (Å²) < 4.78 is 2.28. The van der Waals surface area contributed by atoms with Gasteiger partial charge in [0.15, 0.2) is 0 Å². The van der Waals surface area contributed by atoms with E-state index in [1.54, 1.807) is 10.9 Å². The number of nitrogens with one attached hydrogen (secondary N) is 1. The highest BCUT2D eigenvalue weighted by Gasteiger charge is 2.32. The quantitative estimate of drug-likeness (QED) is 0.730. The Morgan fingerprint density at radius 1 is 1.35 bits per heavy atom. The highest BCUT2D eigenvalue weighted by molar-refractivity contribution is 5.89. The van der Waals surface area contributed by atoms with Crippen molar-refractivity contribution in [3.8, 4) is 0 Å². The van der Waals surface area contributed by atoms with Gasteiger partial charge in [-0.25, -0.2) is 0 Å². The van der Waals surface area contributed by atoms with Crippen molar-refractivity contribution < 1.29 is 0 Å². The molecule has 1 N–H and O–H groups in total. The van der Waals surface area contributed by atoms with E-state index in [0.29, 0.717) is 6.04 Å². The third-order valence-corrected chi connectivity index (χ3v) is 4.55. The first kappa shape index (κ1) is 9.72. The minimum atomic E-state index is 0.671. The molecular formula is C15H18N2. The Bertz CT molecular complexity index is 582. The zero-order chi connectivity index (χ0) is 11.4. The van der Waals surface area contributed by atoms with Crippen LogP contribution in [0.15, 0.2) is 24.4 Å². The van der Waals surface area contributed by atoms with Crippen molar-refractivity contribution in [3.05, 3.63) is 35.5 Å². The van der Waals surface area contributed by atoms with Gasteiger partial charge in [0.2, 0.25) is 0 Å². The van der Waals surface area contributed by atoms with Gasteiger partial charge in [0.05, 0.1) is 0 Å². The first-order chi connectivity index (χ1) is 8.34. The van der Waals surface area contributed by atoms with Crippen LogP contribution in [0, 0.1) is 0 Å². The van der Waals surface area contributed by atoms with Gasteiger partial charge in [-0.1, -0.05) is 12.1 Å². The highest BCUT2D eigenvalue weighted by Crippen LogP contribution is 2.40. The number of aryl methyl sites for hydroxylation is 1. The molecule has 2 aromatic rings. The van der Waals surface area contributed by atoms with Crippen molar-refractivity contribution in [1.29, 1.82) is 0 Å². The second kappa shape index (κ2) is 3.36. The summed E-state index contributed by atoms with van der Waals surface area (Å²) >= 11 is 0. The molecule has 2 atom stereocenters. The molecule has 4 rings (SSSR count). The summed E-state index contributed by atoms with van der Waals surface area (Å²) in [6, 6.07) is 7.48. The summed E-state index contributed by atoms with van der Waals surface area (Å²) in [5, 5.41) is 5.25. The topological polar surface area (TPSA) is 17.0 Å². The number of hydrogen-bond acceptors (Lipinski definition) is 1.